The van der Waals surface area contributed by atoms with Crippen LogP contribution in [-0.2, 0) is 12.4 Å². The highest BCUT2D eigenvalue weighted by Crippen LogP contribution is 2.43. The van der Waals surface area contributed by atoms with Crippen LogP contribution in [0.2, 0.25) is 0 Å². The summed E-state index contributed by atoms with van der Waals surface area (Å²) in [5.41, 5.74) is -6.48. The molecule has 0 heterocycles. The lowest BCUT2D eigenvalue weighted by Crippen LogP contribution is -2.13. The molecule has 138 valence electrons. The number of carbonyl (C=O) groups is 2. The summed E-state index contributed by atoms with van der Waals surface area (Å²) >= 11 is 0. The highest BCUT2D eigenvalue weighted by atomic mass is 19.4. The van der Waals surface area contributed by atoms with Crippen molar-refractivity contribution in [3.8, 4) is 11.1 Å². The molecule has 2 N–H and O–H groups in total. The molecule has 0 aliphatic rings. The standard InChI is InChI=1S/C16H8F6O4/c17-15(18,19)11-5-7(13(23)24)1-3-9(11)10-4-2-8(14(25)26)6-12(10)16(20,21)22/h1-6H,(H,23,24)(H,25,26). The molecule has 0 saturated carbocycles. The van der Waals surface area contributed by atoms with Gasteiger partial charge in [-0.05, 0) is 35.4 Å². The van der Waals surface area contributed by atoms with E-state index in [1.807, 2.05) is 0 Å². The summed E-state index contributed by atoms with van der Waals surface area (Å²) in [4.78, 5) is 21.7. The molecule has 0 aliphatic heterocycles. The van der Waals surface area contributed by atoms with Gasteiger partial charge >= 0.3 is 24.3 Å². The maximum atomic E-state index is 13.2. The number of benzene rings is 2. The Bertz CT molecular complexity index is 810. The molecule has 10 heteroatoms. The van der Waals surface area contributed by atoms with Gasteiger partial charge in [-0.25, -0.2) is 9.59 Å². The van der Waals surface area contributed by atoms with Crippen LogP contribution in [0.15, 0.2) is 36.4 Å². The number of hydrogen-bond acceptors (Lipinski definition) is 2. The van der Waals surface area contributed by atoms with E-state index in [1.165, 1.54) is 0 Å². The lowest BCUT2D eigenvalue weighted by atomic mass is 9.92. The Morgan fingerprint density at radius 1 is 0.654 bits per heavy atom. The van der Waals surface area contributed by atoms with E-state index in [2.05, 4.69) is 0 Å². The van der Waals surface area contributed by atoms with Crippen molar-refractivity contribution >= 4 is 11.9 Å². The Kier molecular flexibility index (Phi) is 4.71. The molecule has 4 nitrogen and oxygen atoms in total. The van der Waals surface area contributed by atoms with E-state index in [0.717, 1.165) is 12.1 Å². The molecular formula is C16H8F6O4. The predicted octanol–water partition coefficient (Wildman–Crippen LogP) is 4.79. The molecule has 0 spiro atoms. The molecule has 2 aromatic rings. The summed E-state index contributed by atoms with van der Waals surface area (Å²) < 4.78 is 79.5. The van der Waals surface area contributed by atoms with E-state index in [0.29, 0.717) is 12.1 Å². The molecule has 0 atom stereocenters. The van der Waals surface area contributed by atoms with Gasteiger partial charge in [0.05, 0.1) is 22.3 Å². The van der Waals surface area contributed by atoms with Crippen LogP contribution in [-0.4, -0.2) is 22.2 Å². The van der Waals surface area contributed by atoms with E-state index >= 15 is 0 Å². The fourth-order valence-electron chi connectivity index (χ4n) is 2.29. The molecule has 0 unspecified atom stereocenters. The first-order valence-electron chi connectivity index (χ1n) is 6.72. The van der Waals surface area contributed by atoms with Gasteiger partial charge in [-0.15, -0.1) is 0 Å². The zero-order valence-electron chi connectivity index (χ0n) is 12.4. The third kappa shape index (κ3) is 3.79. The highest BCUT2D eigenvalue weighted by Gasteiger charge is 2.39. The number of aromatic carboxylic acids is 2. The van der Waals surface area contributed by atoms with Crippen molar-refractivity contribution in [3.63, 3.8) is 0 Å². The van der Waals surface area contributed by atoms with Crippen molar-refractivity contribution in [2.24, 2.45) is 0 Å². The largest absolute Gasteiger partial charge is 0.478 e. The summed E-state index contributed by atoms with van der Waals surface area (Å²) in [6.45, 7) is 0. The predicted molar refractivity (Wildman–Crippen MR) is 75.8 cm³/mol. The molecule has 0 amide bonds. The van der Waals surface area contributed by atoms with Crippen LogP contribution in [0.25, 0.3) is 11.1 Å². The Morgan fingerprint density at radius 2 is 0.962 bits per heavy atom. The van der Waals surface area contributed by atoms with Crippen LogP contribution in [0.1, 0.15) is 31.8 Å². The van der Waals surface area contributed by atoms with Crippen LogP contribution < -0.4 is 0 Å². The minimum atomic E-state index is -5.13. The third-order valence-corrected chi connectivity index (χ3v) is 3.43. The molecule has 0 aliphatic carbocycles. The number of halogens is 6. The van der Waals surface area contributed by atoms with Gasteiger partial charge in [0.2, 0.25) is 0 Å². The maximum absolute atomic E-state index is 13.2. The summed E-state index contributed by atoms with van der Waals surface area (Å²) in [7, 11) is 0. The SMILES string of the molecule is O=C(O)c1ccc(-c2ccc(C(=O)O)cc2C(F)(F)F)c(C(F)(F)F)c1. The van der Waals surface area contributed by atoms with Gasteiger partial charge in [0.1, 0.15) is 0 Å². The van der Waals surface area contributed by atoms with E-state index in [9.17, 15) is 35.9 Å². The summed E-state index contributed by atoms with van der Waals surface area (Å²) in [5, 5.41) is 17.6. The number of alkyl halides is 6. The van der Waals surface area contributed by atoms with Crippen LogP contribution in [0.5, 0.6) is 0 Å². The summed E-state index contributed by atoms with van der Waals surface area (Å²) in [5.74, 6) is -3.36. The first-order chi connectivity index (χ1) is 11.8. The summed E-state index contributed by atoms with van der Waals surface area (Å²) in [6, 6.07) is 3.14. The molecule has 0 bridgehead atoms. The Hall–Kier alpha value is -3.04. The van der Waals surface area contributed by atoms with Gasteiger partial charge in [-0.2, -0.15) is 26.3 Å². The van der Waals surface area contributed by atoms with Crippen molar-refractivity contribution < 1.29 is 46.1 Å². The highest BCUT2D eigenvalue weighted by molar-refractivity contribution is 5.91. The number of rotatable bonds is 3. The van der Waals surface area contributed by atoms with Gasteiger partial charge in [-0.1, -0.05) is 12.1 Å². The normalized spacial score (nSPS) is 12.1. The van der Waals surface area contributed by atoms with Crippen molar-refractivity contribution in [3.05, 3.63) is 58.7 Å². The summed E-state index contributed by atoms with van der Waals surface area (Å²) in [6.07, 6.45) is -10.3. The molecule has 2 aromatic carbocycles. The first kappa shape index (κ1) is 19.3. The monoisotopic (exact) mass is 378 g/mol. The molecule has 0 saturated heterocycles. The second kappa shape index (κ2) is 6.36. The molecule has 0 aromatic heterocycles. The minimum Gasteiger partial charge on any atom is -0.478 e. The Morgan fingerprint density at radius 3 is 1.19 bits per heavy atom. The van der Waals surface area contributed by atoms with Crippen LogP contribution >= 0.6 is 0 Å². The smallest absolute Gasteiger partial charge is 0.417 e. The van der Waals surface area contributed by atoms with E-state index in [4.69, 9.17) is 10.2 Å². The maximum Gasteiger partial charge on any atom is 0.417 e. The molecule has 26 heavy (non-hydrogen) atoms. The van der Waals surface area contributed by atoms with Gasteiger partial charge in [0.15, 0.2) is 0 Å². The van der Waals surface area contributed by atoms with Crippen molar-refractivity contribution in [2.45, 2.75) is 12.4 Å². The zero-order valence-corrected chi connectivity index (χ0v) is 12.4. The van der Waals surface area contributed by atoms with E-state index in [1.54, 1.807) is 0 Å². The van der Waals surface area contributed by atoms with Crippen LogP contribution in [0.3, 0.4) is 0 Å². The first-order valence-corrected chi connectivity index (χ1v) is 6.72. The van der Waals surface area contributed by atoms with Crippen molar-refractivity contribution in [1.82, 2.24) is 0 Å². The number of carboxylic acid groups (broad SMARTS) is 2. The molecule has 0 fully saturated rings. The van der Waals surface area contributed by atoms with E-state index < -0.39 is 57.7 Å². The van der Waals surface area contributed by atoms with Crippen LogP contribution in [0, 0.1) is 0 Å². The average molecular weight is 378 g/mol. The quantitative estimate of drug-likeness (QED) is 0.754. The second-order valence-electron chi connectivity index (χ2n) is 5.13. The molecule has 2 rings (SSSR count). The lowest BCUT2D eigenvalue weighted by Gasteiger charge is -2.18. The molecule has 0 radical (unpaired) electrons. The Labute approximate surface area is 141 Å². The van der Waals surface area contributed by atoms with Gasteiger partial charge in [0, 0.05) is 0 Å². The van der Waals surface area contributed by atoms with Crippen molar-refractivity contribution in [1.29, 1.82) is 0 Å². The fourth-order valence-corrected chi connectivity index (χ4v) is 2.29. The Balaban J connectivity index is 2.83. The van der Waals surface area contributed by atoms with Gasteiger partial charge < -0.3 is 10.2 Å². The lowest BCUT2D eigenvalue weighted by molar-refractivity contribution is -0.139. The van der Waals surface area contributed by atoms with E-state index in [-0.39, 0.29) is 12.1 Å². The topological polar surface area (TPSA) is 74.6 Å². The number of hydrogen-bond donors (Lipinski definition) is 2. The zero-order chi connectivity index (χ0) is 19.9. The minimum absolute atomic E-state index is 0.225. The third-order valence-electron chi connectivity index (χ3n) is 3.43. The fraction of sp³-hybridized carbons (Fsp3) is 0.125. The van der Waals surface area contributed by atoms with Crippen LogP contribution in [0.4, 0.5) is 26.3 Å². The number of carboxylic acids is 2. The van der Waals surface area contributed by atoms with Gasteiger partial charge in [0.25, 0.3) is 0 Å². The van der Waals surface area contributed by atoms with Gasteiger partial charge in [-0.3, -0.25) is 0 Å². The average Bonchev–Trinajstić information content (AvgIpc) is 2.52. The second-order valence-corrected chi connectivity index (χ2v) is 5.13. The van der Waals surface area contributed by atoms with Crippen molar-refractivity contribution in [2.75, 3.05) is 0 Å². The molecular weight excluding hydrogens is 370 g/mol.